The molecule has 0 bridgehead atoms. The van der Waals surface area contributed by atoms with E-state index in [9.17, 15) is 14.4 Å². The molecule has 0 aliphatic carbocycles. The number of carbonyl (C=O) groups excluding carboxylic acids is 3. The number of hydrogen-bond donors (Lipinski definition) is 0. The Bertz CT molecular complexity index is 311. The molecule has 1 unspecified atom stereocenters. The number of carbonyl (C=O) groups is 3. The van der Waals surface area contributed by atoms with Gasteiger partial charge in [0.1, 0.15) is 5.92 Å². The highest BCUT2D eigenvalue weighted by atomic mass is 16.5. The van der Waals surface area contributed by atoms with Gasteiger partial charge in [-0.3, -0.25) is 14.4 Å². The average Bonchev–Trinajstić information content (AvgIpc) is 2.58. The highest BCUT2D eigenvalue weighted by Crippen LogP contribution is 2.16. The van der Waals surface area contributed by atoms with Crippen molar-refractivity contribution in [2.45, 2.75) is 20.3 Å². The van der Waals surface area contributed by atoms with Crippen LogP contribution in [0, 0.1) is 11.8 Å². The van der Waals surface area contributed by atoms with Crippen LogP contribution in [-0.2, 0) is 19.1 Å². The third kappa shape index (κ3) is 2.81. The predicted molar refractivity (Wildman–Crippen MR) is 56.5 cm³/mol. The lowest BCUT2D eigenvalue weighted by Crippen LogP contribution is -2.30. The van der Waals surface area contributed by atoms with Crippen molar-refractivity contribution in [1.29, 1.82) is 0 Å². The Balaban J connectivity index is 2.59. The summed E-state index contributed by atoms with van der Waals surface area (Å²) in [6, 6.07) is 0. The van der Waals surface area contributed by atoms with Crippen molar-refractivity contribution < 1.29 is 19.1 Å². The summed E-state index contributed by atoms with van der Waals surface area (Å²) < 4.78 is 4.52. The van der Waals surface area contributed by atoms with Crippen LogP contribution in [0.25, 0.3) is 0 Å². The summed E-state index contributed by atoms with van der Waals surface area (Å²) in [7, 11) is 1.24. The topological polar surface area (TPSA) is 63.7 Å². The van der Waals surface area contributed by atoms with E-state index in [-0.39, 0.29) is 30.7 Å². The number of ether oxygens (including phenoxy) is 1. The van der Waals surface area contributed by atoms with Crippen molar-refractivity contribution in [3.05, 3.63) is 0 Å². The van der Waals surface area contributed by atoms with Gasteiger partial charge in [0.15, 0.2) is 5.78 Å². The van der Waals surface area contributed by atoms with Crippen LogP contribution in [0.3, 0.4) is 0 Å². The van der Waals surface area contributed by atoms with Gasteiger partial charge in [0.05, 0.1) is 13.7 Å². The Morgan fingerprint density at radius 2 is 2.12 bits per heavy atom. The highest BCUT2D eigenvalue weighted by molar-refractivity contribution is 6.03. The molecule has 1 fully saturated rings. The summed E-state index contributed by atoms with van der Waals surface area (Å²) in [5, 5.41) is 0. The third-order valence-corrected chi connectivity index (χ3v) is 2.56. The van der Waals surface area contributed by atoms with Crippen molar-refractivity contribution >= 4 is 17.7 Å². The maximum atomic E-state index is 11.7. The molecule has 16 heavy (non-hydrogen) atoms. The van der Waals surface area contributed by atoms with Crippen LogP contribution in [0.1, 0.15) is 20.3 Å². The second kappa shape index (κ2) is 5.09. The molecule has 0 spiro atoms. The number of ketones is 1. The van der Waals surface area contributed by atoms with E-state index in [4.69, 9.17) is 0 Å². The largest absolute Gasteiger partial charge is 0.468 e. The second-order valence-electron chi connectivity index (χ2n) is 4.41. The minimum absolute atomic E-state index is 0.0331. The van der Waals surface area contributed by atoms with Crippen LogP contribution in [0.2, 0.25) is 0 Å². The predicted octanol–water partition coefficient (Wildman–Crippen LogP) is 0.233. The van der Waals surface area contributed by atoms with Gasteiger partial charge in [-0.2, -0.15) is 0 Å². The van der Waals surface area contributed by atoms with Gasteiger partial charge < -0.3 is 9.64 Å². The molecule has 1 amide bonds. The first kappa shape index (κ1) is 12.7. The first-order valence-corrected chi connectivity index (χ1v) is 5.34. The molecule has 0 aromatic carbocycles. The lowest BCUT2D eigenvalue weighted by molar-refractivity contribution is -0.147. The van der Waals surface area contributed by atoms with E-state index < -0.39 is 11.9 Å². The van der Waals surface area contributed by atoms with E-state index in [1.807, 2.05) is 13.8 Å². The van der Waals surface area contributed by atoms with Crippen molar-refractivity contribution in [1.82, 2.24) is 4.90 Å². The minimum Gasteiger partial charge on any atom is -0.468 e. The number of nitrogens with zero attached hydrogens (tertiary/aromatic N) is 1. The van der Waals surface area contributed by atoms with Gasteiger partial charge in [-0.1, -0.05) is 13.8 Å². The Morgan fingerprint density at radius 1 is 1.50 bits per heavy atom. The first-order valence-electron chi connectivity index (χ1n) is 5.34. The molecule has 1 rings (SSSR count). The average molecular weight is 227 g/mol. The van der Waals surface area contributed by atoms with Crippen molar-refractivity contribution in [2.24, 2.45) is 11.8 Å². The molecule has 5 heteroatoms. The van der Waals surface area contributed by atoms with E-state index in [2.05, 4.69) is 4.74 Å². The fourth-order valence-corrected chi connectivity index (χ4v) is 1.70. The fraction of sp³-hybridized carbons (Fsp3) is 0.727. The molecule has 0 aromatic rings. The highest BCUT2D eigenvalue weighted by Gasteiger charge is 2.38. The van der Waals surface area contributed by atoms with Gasteiger partial charge >= 0.3 is 5.97 Å². The van der Waals surface area contributed by atoms with Crippen molar-refractivity contribution in [3.8, 4) is 0 Å². The molecule has 1 saturated heterocycles. The molecule has 0 saturated carbocycles. The van der Waals surface area contributed by atoms with Crippen molar-refractivity contribution in [2.75, 3.05) is 20.2 Å². The zero-order valence-corrected chi connectivity index (χ0v) is 9.86. The van der Waals surface area contributed by atoms with Crippen LogP contribution >= 0.6 is 0 Å². The second-order valence-corrected chi connectivity index (χ2v) is 4.41. The van der Waals surface area contributed by atoms with Gasteiger partial charge in [-0.05, 0) is 5.92 Å². The first-order chi connectivity index (χ1) is 7.45. The zero-order chi connectivity index (χ0) is 12.3. The van der Waals surface area contributed by atoms with Gasteiger partial charge in [-0.25, -0.2) is 0 Å². The van der Waals surface area contributed by atoms with E-state index in [0.717, 1.165) is 0 Å². The molecular formula is C11H17NO4. The molecule has 1 atom stereocenters. The summed E-state index contributed by atoms with van der Waals surface area (Å²) in [5.74, 6) is -1.40. The number of amides is 1. The lowest BCUT2D eigenvalue weighted by Gasteiger charge is -2.16. The van der Waals surface area contributed by atoms with Gasteiger partial charge in [0, 0.05) is 13.0 Å². The lowest BCUT2D eigenvalue weighted by atomic mass is 10.1. The summed E-state index contributed by atoms with van der Waals surface area (Å²) in [4.78, 5) is 35.8. The minimum atomic E-state index is -0.791. The van der Waals surface area contributed by atoms with Gasteiger partial charge in [-0.15, -0.1) is 0 Å². The van der Waals surface area contributed by atoms with Crippen LogP contribution in [0.15, 0.2) is 0 Å². The fourth-order valence-electron chi connectivity index (χ4n) is 1.70. The Labute approximate surface area is 94.7 Å². The summed E-state index contributed by atoms with van der Waals surface area (Å²) in [6.45, 7) is 4.07. The number of rotatable bonds is 3. The quantitative estimate of drug-likeness (QED) is 0.511. The normalized spacial score (nSPS) is 20.4. The number of hydrogen-bond acceptors (Lipinski definition) is 4. The number of methoxy groups -OCH3 is 1. The molecule has 0 N–H and O–H groups in total. The summed E-state index contributed by atoms with van der Waals surface area (Å²) in [6.07, 6.45) is 0.404. The van der Waals surface area contributed by atoms with Crippen molar-refractivity contribution in [3.63, 3.8) is 0 Å². The molecule has 1 aliphatic rings. The number of esters is 1. The van der Waals surface area contributed by atoms with E-state index in [1.54, 1.807) is 0 Å². The summed E-state index contributed by atoms with van der Waals surface area (Å²) >= 11 is 0. The molecule has 5 nitrogen and oxygen atoms in total. The van der Waals surface area contributed by atoms with E-state index in [1.165, 1.54) is 12.0 Å². The standard InChI is InChI=1S/C11H17NO4/c1-7(2)4-10(14)12-5-8(9(13)6-12)11(15)16-3/h7-8H,4-6H2,1-3H3. The number of likely N-dealkylation sites (tertiary alicyclic amines) is 1. The molecule has 0 aromatic heterocycles. The summed E-state index contributed by atoms with van der Waals surface area (Å²) in [5.41, 5.74) is 0. The van der Waals surface area contributed by atoms with Crippen LogP contribution < -0.4 is 0 Å². The molecule has 90 valence electrons. The Morgan fingerprint density at radius 3 is 2.62 bits per heavy atom. The smallest absolute Gasteiger partial charge is 0.318 e. The van der Waals surface area contributed by atoms with Crippen LogP contribution in [-0.4, -0.2) is 42.8 Å². The van der Waals surface area contributed by atoms with Crippen LogP contribution in [0.4, 0.5) is 0 Å². The maximum absolute atomic E-state index is 11.7. The maximum Gasteiger partial charge on any atom is 0.318 e. The molecule has 1 heterocycles. The SMILES string of the molecule is COC(=O)C1CN(C(=O)CC(C)C)CC1=O. The van der Waals surface area contributed by atoms with E-state index >= 15 is 0 Å². The Kier molecular flexibility index (Phi) is 4.04. The van der Waals surface area contributed by atoms with Gasteiger partial charge in [0.25, 0.3) is 0 Å². The van der Waals surface area contributed by atoms with Gasteiger partial charge in [0.2, 0.25) is 5.91 Å². The zero-order valence-electron chi connectivity index (χ0n) is 9.86. The van der Waals surface area contributed by atoms with Crippen LogP contribution in [0.5, 0.6) is 0 Å². The monoisotopic (exact) mass is 227 g/mol. The third-order valence-electron chi connectivity index (χ3n) is 2.56. The molecular weight excluding hydrogens is 210 g/mol. The van der Waals surface area contributed by atoms with E-state index in [0.29, 0.717) is 6.42 Å². The molecule has 1 aliphatic heterocycles. The number of Topliss-reactive ketones (excluding diaryl/α,β-unsaturated/α-hetero) is 1. The Hall–Kier alpha value is -1.39. The molecule has 0 radical (unpaired) electrons.